The van der Waals surface area contributed by atoms with Gasteiger partial charge < -0.3 is 10.5 Å². The van der Waals surface area contributed by atoms with Crippen molar-refractivity contribution in [3.05, 3.63) is 29.8 Å². The minimum atomic E-state index is -3.59. The number of hydrogen-bond donors (Lipinski definition) is 2. The van der Waals surface area contributed by atoms with E-state index in [0.29, 0.717) is 12.2 Å². The van der Waals surface area contributed by atoms with Gasteiger partial charge in [0.05, 0.1) is 11.0 Å². The van der Waals surface area contributed by atoms with Crippen molar-refractivity contribution in [2.24, 2.45) is 5.73 Å². The van der Waals surface area contributed by atoms with Gasteiger partial charge in [-0.1, -0.05) is 37.3 Å². The molecule has 7 heteroatoms. The minimum absolute atomic E-state index is 0.0119. The Morgan fingerprint density at radius 2 is 2.26 bits per heavy atom. The van der Waals surface area contributed by atoms with Crippen molar-refractivity contribution in [3.63, 3.8) is 0 Å². The Hall–Kier alpha value is -1.18. The number of fused-ring (bicyclic) bond motifs is 1. The molecule has 5 nitrogen and oxygen atoms in total. The molecule has 1 aliphatic heterocycles. The summed E-state index contributed by atoms with van der Waals surface area (Å²) in [5.74, 6) is 0.707. The SMILES string of the molecule is CCC(C(N)=S)S(=O)(=O)NC1COc2ccccc21. The summed E-state index contributed by atoms with van der Waals surface area (Å²) in [6, 6.07) is 6.97. The molecule has 1 heterocycles. The second-order valence-electron chi connectivity index (χ2n) is 4.36. The maximum absolute atomic E-state index is 12.2. The predicted molar refractivity (Wildman–Crippen MR) is 77.6 cm³/mol. The number of nitrogens with two attached hydrogens (primary N) is 1. The molecule has 104 valence electrons. The number of hydrogen-bond acceptors (Lipinski definition) is 4. The lowest BCUT2D eigenvalue weighted by Crippen LogP contribution is -2.43. The van der Waals surface area contributed by atoms with Crippen molar-refractivity contribution >= 4 is 27.2 Å². The maximum atomic E-state index is 12.2. The van der Waals surface area contributed by atoms with E-state index >= 15 is 0 Å². The molecule has 0 aromatic heterocycles. The molecular formula is C12H16N2O3S2. The number of benzene rings is 1. The van der Waals surface area contributed by atoms with E-state index in [2.05, 4.69) is 4.72 Å². The highest BCUT2D eigenvalue weighted by atomic mass is 32.2. The first-order valence-electron chi connectivity index (χ1n) is 5.98. The highest BCUT2D eigenvalue weighted by Gasteiger charge is 2.33. The van der Waals surface area contributed by atoms with Crippen LogP contribution in [0.3, 0.4) is 0 Å². The number of thiocarbonyl (C=S) groups is 1. The van der Waals surface area contributed by atoms with Gasteiger partial charge in [-0.2, -0.15) is 0 Å². The third-order valence-electron chi connectivity index (χ3n) is 3.07. The highest BCUT2D eigenvalue weighted by molar-refractivity contribution is 7.93. The van der Waals surface area contributed by atoms with Crippen molar-refractivity contribution in [1.29, 1.82) is 0 Å². The van der Waals surface area contributed by atoms with Crippen LogP contribution in [-0.2, 0) is 10.0 Å². The Morgan fingerprint density at radius 1 is 1.58 bits per heavy atom. The number of ether oxygens (including phenoxy) is 1. The molecule has 0 saturated heterocycles. The van der Waals surface area contributed by atoms with E-state index in [9.17, 15) is 8.42 Å². The van der Waals surface area contributed by atoms with Gasteiger partial charge in [-0.25, -0.2) is 13.1 Å². The summed E-state index contributed by atoms with van der Waals surface area (Å²) in [5, 5.41) is -0.852. The minimum Gasteiger partial charge on any atom is -0.491 e. The second-order valence-corrected chi connectivity index (χ2v) is 6.73. The molecule has 19 heavy (non-hydrogen) atoms. The van der Waals surface area contributed by atoms with Gasteiger partial charge in [0.25, 0.3) is 0 Å². The van der Waals surface area contributed by atoms with Crippen LogP contribution in [0.2, 0.25) is 0 Å². The van der Waals surface area contributed by atoms with E-state index in [1.165, 1.54) is 0 Å². The molecule has 0 amide bonds. The van der Waals surface area contributed by atoms with Crippen LogP contribution in [0.4, 0.5) is 0 Å². The molecule has 0 aliphatic carbocycles. The molecule has 1 aromatic carbocycles. The molecule has 1 aromatic rings. The topological polar surface area (TPSA) is 81.4 Å². The van der Waals surface area contributed by atoms with Crippen LogP contribution in [0.1, 0.15) is 24.9 Å². The lowest BCUT2D eigenvalue weighted by Gasteiger charge is -2.18. The lowest BCUT2D eigenvalue weighted by molar-refractivity contribution is 0.325. The van der Waals surface area contributed by atoms with E-state index in [0.717, 1.165) is 5.56 Å². The molecule has 2 unspecified atom stereocenters. The third kappa shape index (κ3) is 2.88. The smallest absolute Gasteiger partial charge is 0.221 e. The zero-order valence-corrected chi connectivity index (χ0v) is 12.1. The van der Waals surface area contributed by atoms with Crippen LogP contribution in [-0.4, -0.2) is 25.3 Å². The number of nitrogens with one attached hydrogen (secondary N) is 1. The molecule has 0 radical (unpaired) electrons. The quantitative estimate of drug-likeness (QED) is 0.796. The van der Waals surface area contributed by atoms with Crippen LogP contribution >= 0.6 is 12.2 Å². The Bertz CT molecular complexity index is 586. The van der Waals surface area contributed by atoms with Crippen molar-refractivity contribution in [3.8, 4) is 5.75 Å². The molecule has 0 fully saturated rings. The monoisotopic (exact) mass is 300 g/mol. The van der Waals surface area contributed by atoms with E-state index in [-0.39, 0.29) is 17.6 Å². The number of sulfonamides is 1. The van der Waals surface area contributed by atoms with Crippen LogP contribution in [0.15, 0.2) is 24.3 Å². The van der Waals surface area contributed by atoms with E-state index in [1.54, 1.807) is 6.92 Å². The van der Waals surface area contributed by atoms with Crippen molar-refractivity contribution in [1.82, 2.24) is 4.72 Å². The van der Waals surface area contributed by atoms with Gasteiger partial charge in [0.1, 0.15) is 17.6 Å². The fraction of sp³-hybridized carbons (Fsp3) is 0.417. The standard InChI is InChI=1S/C12H16N2O3S2/c1-2-11(12(13)18)19(15,16)14-9-7-17-10-6-4-3-5-8(9)10/h3-6,9,11,14H,2,7H2,1H3,(H2,13,18). The molecule has 2 atom stereocenters. The molecule has 0 saturated carbocycles. The predicted octanol–water partition coefficient (Wildman–Crippen LogP) is 1.10. The summed E-state index contributed by atoms with van der Waals surface area (Å²) in [5.41, 5.74) is 6.32. The summed E-state index contributed by atoms with van der Waals surface area (Å²) >= 11 is 4.81. The average molecular weight is 300 g/mol. The van der Waals surface area contributed by atoms with Gasteiger partial charge in [-0.3, -0.25) is 0 Å². The Balaban J connectivity index is 2.21. The van der Waals surface area contributed by atoms with Gasteiger partial charge in [-0.15, -0.1) is 0 Å². The van der Waals surface area contributed by atoms with E-state index < -0.39 is 15.3 Å². The van der Waals surface area contributed by atoms with Gasteiger partial charge in [0.2, 0.25) is 10.0 Å². The molecule has 1 aliphatic rings. The Morgan fingerprint density at radius 3 is 2.89 bits per heavy atom. The first-order valence-corrected chi connectivity index (χ1v) is 7.93. The second kappa shape index (κ2) is 5.44. The number of para-hydroxylation sites is 1. The maximum Gasteiger partial charge on any atom is 0.221 e. The first-order chi connectivity index (χ1) is 8.95. The van der Waals surface area contributed by atoms with Crippen LogP contribution in [0, 0.1) is 0 Å². The molecule has 0 spiro atoms. The van der Waals surface area contributed by atoms with Gasteiger partial charge >= 0.3 is 0 Å². The summed E-state index contributed by atoms with van der Waals surface area (Å²) < 4.78 is 32.5. The number of rotatable bonds is 5. The van der Waals surface area contributed by atoms with Crippen molar-refractivity contribution in [2.75, 3.05) is 6.61 Å². The summed E-state index contributed by atoms with van der Waals surface area (Å²) in [4.78, 5) is -0.0119. The third-order valence-corrected chi connectivity index (χ3v) is 5.45. The normalized spacial score (nSPS) is 19.5. The van der Waals surface area contributed by atoms with Gasteiger partial charge in [-0.05, 0) is 12.5 Å². The van der Waals surface area contributed by atoms with Crippen molar-refractivity contribution in [2.45, 2.75) is 24.6 Å². The van der Waals surface area contributed by atoms with E-state index in [4.69, 9.17) is 22.7 Å². The highest BCUT2D eigenvalue weighted by Crippen LogP contribution is 2.32. The van der Waals surface area contributed by atoms with E-state index in [1.807, 2.05) is 24.3 Å². The summed E-state index contributed by atoms with van der Waals surface area (Å²) in [6.07, 6.45) is 0.347. The van der Waals surface area contributed by atoms with Crippen LogP contribution in [0.25, 0.3) is 0 Å². The lowest BCUT2D eigenvalue weighted by atomic mass is 10.1. The largest absolute Gasteiger partial charge is 0.491 e. The zero-order chi connectivity index (χ0) is 14.0. The average Bonchev–Trinajstić information content (AvgIpc) is 2.72. The Labute approximate surface area is 118 Å². The molecule has 3 N–H and O–H groups in total. The summed E-state index contributed by atoms with van der Waals surface area (Å²) in [7, 11) is -3.59. The zero-order valence-electron chi connectivity index (χ0n) is 10.5. The van der Waals surface area contributed by atoms with Gasteiger partial charge in [0.15, 0.2) is 0 Å². The van der Waals surface area contributed by atoms with Crippen molar-refractivity contribution < 1.29 is 13.2 Å². The fourth-order valence-corrected chi connectivity index (χ4v) is 4.16. The fourth-order valence-electron chi connectivity index (χ4n) is 2.11. The van der Waals surface area contributed by atoms with Gasteiger partial charge in [0, 0.05) is 5.56 Å². The summed E-state index contributed by atoms with van der Waals surface area (Å²) in [6.45, 7) is 2.02. The first kappa shape index (κ1) is 14.2. The Kier molecular flexibility index (Phi) is 4.07. The molecule has 0 bridgehead atoms. The molecule has 2 rings (SSSR count). The van der Waals surface area contributed by atoms with Crippen LogP contribution in [0.5, 0.6) is 5.75 Å². The van der Waals surface area contributed by atoms with Crippen LogP contribution < -0.4 is 15.2 Å². The molecular weight excluding hydrogens is 284 g/mol.